The van der Waals surface area contributed by atoms with Crippen molar-refractivity contribution in [2.24, 2.45) is 0 Å². The van der Waals surface area contributed by atoms with E-state index in [4.69, 9.17) is 9.47 Å². The molecule has 3 rings (SSSR count). The van der Waals surface area contributed by atoms with Crippen molar-refractivity contribution in [3.05, 3.63) is 28.2 Å². The second-order valence-electron chi connectivity index (χ2n) is 5.64. The fourth-order valence-electron chi connectivity index (χ4n) is 3.36. The molecular weight excluding hydrogens is 308 g/mol. The lowest BCUT2D eigenvalue weighted by atomic mass is 9.76. The topological polar surface area (TPSA) is 38.7 Å². The lowest BCUT2D eigenvalue weighted by Gasteiger charge is -2.45. The molecule has 19 heavy (non-hydrogen) atoms. The molecule has 1 fully saturated rings. The molecular formula is C15H19BrO3. The van der Waals surface area contributed by atoms with E-state index in [1.165, 1.54) is 0 Å². The summed E-state index contributed by atoms with van der Waals surface area (Å²) in [4.78, 5) is 0. The summed E-state index contributed by atoms with van der Waals surface area (Å²) in [7, 11) is 1.76. The average Bonchev–Trinajstić information content (AvgIpc) is 2.38. The number of benzene rings is 1. The van der Waals surface area contributed by atoms with E-state index in [1.54, 1.807) is 7.11 Å². The SMILES string of the molecule is COC1CCCC2(C1)C[C@@H](O)c1ccc(Br)cc1O2. The second-order valence-corrected chi connectivity index (χ2v) is 6.56. The Morgan fingerprint density at radius 2 is 2.26 bits per heavy atom. The molecule has 0 amide bonds. The number of ether oxygens (including phenoxy) is 2. The van der Waals surface area contributed by atoms with Gasteiger partial charge in [0.2, 0.25) is 0 Å². The molecule has 2 unspecified atom stereocenters. The van der Waals surface area contributed by atoms with Gasteiger partial charge in [-0.1, -0.05) is 22.0 Å². The van der Waals surface area contributed by atoms with Gasteiger partial charge in [0.25, 0.3) is 0 Å². The van der Waals surface area contributed by atoms with E-state index in [1.807, 2.05) is 18.2 Å². The number of methoxy groups -OCH3 is 1. The Hall–Kier alpha value is -0.580. The molecule has 1 spiro atoms. The third-order valence-electron chi connectivity index (χ3n) is 4.32. The predicted molar refractivity (Wildman–Crippen MR) is 76.3 cm³/mol. The number of hydrogen-bond acceptors (Lipinski definition) is 3. The van der Waals surface area contributed by atoms with Crippen molar-refractivity contribution in [1.82, 2.24) is 0 Å². The smallest absolute Gasteiger partial charge is 0.127 e. The molecule has 1 aliphatic heterocycles. The summed E-state index contributed by atoms with van der Waals surface area (Å²) in [5, 5.41) is 10.4. The van der Waals surface area contributed by atoms with Gasteiger partial charge in [0.15, 0.2) is 0 Å². The normalized spacial score (nSPS) is 33.8. The Morgan fingerprint density at radius 3 is 3.05 bits per heavy atom. The maximum Gasteiger partial charge on any atom is 0.127 e. The largest absolute Gasteiger partial charge is 0.487 e. The van der Waals surface area contributed by atoms with Gasteiger partial charge in [-0.15, -0.1) is 0 Å². The van der Waals surface area contributed by atoms with Gasteiger partial charge in [0.05, 0.1) is 12.2 Å². The van der Waals surface area contributed by atoms with Gasteiger partial charge in [0.1, 0.15) is 11.4 Å². The summed E-state index contributed by atoms with van der Waals surface area (Å²) < 4.78 is 12.7. The number of fused-ring (bicyclic) bond motifs is 1. The van der Waals surface area contributed by atoms with Crippen molar-refractivity contribution in [2.75, 3.05) is 7.11 Å². The minimum absolute atomic E-state index is 0.245. The Kier molecular flexibility index (Phi) is 3.58. The van der Waals surface area contributed by atoms with Gasteiger partial charge in [-0.2, -0.15) is 0 Å². The number of hydrogen-bond donors (Lipinski definition) is 1. The van der Waals surface area contributed by atoms with Crippen molar-refractivity contribution in [3.8, 4) is 5.75 Å². The third kappa shape index (κ3) is 2.54. The van der Waals surface area contributed by atoms with Crippen LogP contribution >= 0.6 is 15.9 Å². The van der Waals surface area contributed by atoms with Gasteiger partial charge in [-0.05, 0) is 31.4 Å². The maximum absolute atomic E-state index is 10.4. The van der Waals surface area contributed by atoms with E-state index in [0.29, 0.717) is 6.42 Å². The van der Waals surface area contributed by atoms with Crippen LogP contribution in [-0.2, 0) is 4.74 Å². The van der Waals surface area contributed by atoms with Gasteiger partial charge < -0.3 is 14.6 Å². The summed E-state index contributed by atoms with van der Waals surface area (Å²) in [6, 6.07) is 5.84. The Bertz CT molecular complexity index is 476. The molecule has 1 heterocycles. The minimum atomic E-state index is -0.438. The molecule has 1 N–H and O–H groups in total. The summed E-state index contributed by atoms with van der Waals surface area (Å²) in [5.41, 5.74) is 0.639. The number of aliphatic hydroxyl groups is 1. The van der Waals surface area contributed by atoms with Gasteiger partial charge in [0, 0.05) is 30.0 Å². The van der Waals surface area contributed by atoms with Crippen molar-refractivity contribution in [2.45, 2.75) is 49.9 Å². The molecule has 2 aliphatic rings. The quantitative estimate of drug-likeness (QED) is 0.857. The lowest BCUT2D eigenvalue weighted by molar-refractivity contribution is -0.0796. The zero-order chi connectivity index (χ0) is 13.5. The van der Waals surface area contributed by atoms with Gasteiger partial charge >= 0.3 is 0 Å². The van der Waals surface area contributed by atoms with Crippen molar-refractivity contribution in [3.63, 3.8) is 0 Å². The lowest BCUT2D eigenvalue weighted by Crippen LogP contribution is -2.46. The molecule has 1 saturated carbocycles. The molecule has 1 aromatic carbocycles. The summed E-state index contributed by atoms with van der Waals surface area (Å²) in [6.45, 7) is 0. The minimum Gasteiger partial charge on any atom is -0.487 e. The first-order valence-corrected chi connectivity index (χ1v) is 7.60. The molecule has 4 heteroatoms. The summed E-state index contributed by atoms with van der Waals surface area (Å²) >= 11 is 3.46. The number of halogens is 1. The van der Waals surface area contributed by atoms with E-state index in [2.05, 4.69) is 15.9 Å². The molecule has 3 nitrogen and oxygen atoms in total. The highest BCUT2D eigenvalue weighted by atomic mass is 79.9. The van der Waals surface area contributed by atoms with E-state index < -0.39 is 6.10 Å². The van der Waals surface area contributed by atoms with Crippen LogP contribution in [-0.4, -0.2) is 23.9 Å². The van der Waals surface area contributed by atoms with Crippen LogP contribution in [0.25, 0.3) is 0 Å². The summed E-state index contributed by atoms with van der Waals surface area (Å²) in [5.74, 6) is 0.810. The van der Waals surface area contributed by atoms with Crippen molar-refractivity contribution >= 4 is 15.9 Å². The van der Waals surface area contributed by atoms with E-state index >= 15 is 0 Å². The van der Waals surface area contributed by atoms with Crippen molar-refractivity contribution < 1.29 is 14.6 Å². The van der Waals surface area contributed by atoms with Crippen LogP contribution in [0.15, 0.2) is 22.7 Å². The van der Waals surface area contributed by atoms with Crippen LogP contribution < -0.4 is 4.74 Å². The average molecular weight is 327 g/mol. The summed E-state index contributed by atoms with van der Waals surface area (Å²) in [6.07, 6.45) is 4.52. The van der Waals surface area contributed by atoms with Crippen LogP contribution in [0.2, 0.25) is 0 Å². The first-order valence-electron chi connectivity index (χ1n) is 6.81. The zero-order valence-electron chi connectivity index (χ0n) is 11.1. The van der Waals surface area contributed by atoms with Crippen LogP contribution in [0.4, 0.5) is 0 Å². The molecule has 104 valence electrons. The van der Waals surface area contributed by atoms with Crippen molar-refractivity contribution in [1.29, 1.82) is 0 Å². The Morgan fingerprint density at radius 1 is 1.42 bits per heavy atom. The molecule has 0 bridgehead atoms. The van der Waals surface area contributed by atoms with Gasteiger partial charge in [-0.3, -0.25) is 0 Å². The van der Waals surface area contributed by atoms with Gasteiger partial charge in [-0.25, -0.2) is 0 Å². The van der Waals surface area contributed by atoms with Crippen LogP contribution in [0.3, 0.4) is 0 Å². The van der Waals surface area contributed by atoms with Crippen LogP contribution in [0.5, 0.6) is 5.75 Å². The Balaban J connectivity index is 1.90. The fourth-order valence-corrected chi connectivity index (χ4v) is 3.70. The fraction of sp³-hybridized carbons (Fsp3) is 0.600. The Labute approximate surface area is 122 Å². The standard InChI is InChI=1S/C15H19BrO3/c1-18-11-3-2-6-15(8-11)9-13(17)12-5-4-10(16)7-14(12)19-15/h4-5,7,11,13,17H,2-3,6,8-9H2,1H3/t11?,13-,15?/m1/s1. The first-order chi connectivity index (χ1) is 9.12. The first kappa shape index (κ1) is 13.4. The highest BCUT2D eigenvalue weighted by Crippen LogP contribution is 2.47. The molecule has 0 radical (unpaired) electrons. The highest BCUT2D eigenvalue weighted by Gasteiger charge is 2.44. The van der Waals surface area contributed by atoms with E-state index in [0.717, 1.165) is 41.5 Å². The second kappa shape index (κ2) is 5.08. The molecule has 3 atom stereocenters. The predicted octanol–water partition coefficient (Wildman–Crippen LogP) is 3.59. The number of rotatable bonds is 1. The molecule has 0 saturated heterocycles. The molecule has 0 aromatic heterocycles. The number of aliphatic hydroxyl groups excluding tert-OH is 1. The van der Waals surface area contributed by atoms with E-state index in [9.17, 15) is 5.11 Å². The van der Waals surface area contributed by atoms with E-state index in [-0.39, 0.29) is 11.7 Å². The third-order valence-corrected chi connectivity index (χ3v) is 4.81. The highest BCUT2D eigenvalue weighted by molar-refractivity contribution is 9.10. The van der Waals surface area contributed by atoms with Crippen LogP contribution in [0.1, 0.15) is 43.8 Å². The van der Waals surface area contributed by atoms with Crippen LogP contribution in [0, 0.1) is 0 Å². The molecule has 1 aliphatic carbocycles. The monoisotopic (exact) mass is 326 g/mol. The zero-order valence-corrected chi connectivity index (χ0v) is 12.6. The molecule has 1 aromatic rings. The maximum atomic E-state index is 10.4.